The van der Waals surface area contributed by atoms with Gasteiger partial charge in [0.25, 0.3) is 0 Å². The van der Waals surface area contributed by atoms with Crippen LogP contribution in [-0.4, -0.2) is 34.1 Å². The number of nitrogens with one attached hydrogen (secondary N) is 2. The Labute approximate surface area is 102 Å². The second-order valence-electron chi connectivity index (χ2n) is 4.67. The van der Waals surface area contributed by atoms with Crippen LogP contribution in [0.4, 0.5) is 5.69 Å². The Morgan fingerprint density at radius 1 is 1.39 bits per heavy atom. The first-order valence-corrected chi connectivity index (χ1v) is 5.74. The number of benzene rings is 1. The third-order valence-electron chi connectivity index (χ3n) is 3.48. The van der Waals surface area contributed by atoms with Crippen LogP contribution in [0.2, 0.25) is 0 Å². The van der Waals surface area contributed by atoms with Gasteiger partial charge in [-0.1, -0.05) is 0 Å². The van der Waals surface area contributed by atoms with E-state index < -0.39 is 5.97 Å². The number of aromatic nitrogens is 2. The molecular formula is C12H13N3O3. The average molecular weight is 247 g/mol. The number of carboxylic acid groups (broad SMARTS) is 1. The van der Waals surface area contributed by atoms with Crippen LogP contribution in [0.15, 0.2) is 23.0 Å². The molecule has 1 aromatic carbocycles. The van der Waals surface area contributed by atoms with Crippen molar-refractivity contribution in [3.8, 4) is 0 Å². The van der Waals surface area contributed by atoms with E-state index in [0.717, 1.165) is 16.7 Å². The molecule has 0 aliphatic heterocycles. The monoisotopic (exact) mass is 247 g/mol. The fraction of sp³-hybridized carbons (Fsp3) is 0.333. The summed E-state index contributed by atoms with van der Waals surface area (Å²) in [5, 5.41) is 8.92. The molecule has 18 heavy (non-hydrogen) atoms. The summed E-state index contributed by atoms with van der Waals surface area (Å²) in [5.41, 5.74) is 2.16. The first kappa shape index (κ1) is 10.9. The van der Waals surface area contributed by atoms with Gasteiger partial charge in [-0.2, -0.15) is 0 Å². The topological polar surface area (TPSA) is 89.2 Å². The average Bonchev–Trinajstić information content (AvgIpc) is 3.03. The first-order valence-electron chi connectivity index (χ1n) is 5.74. The predicted molar refractivity (Wildman–Crippen MR) is 66.9 cm³/mol. The Morgan fingerprint density at radius 3 is 2.78 bits per heavy atom. The summed E-state index contributed by atoms with van der Waals surface area (Å²) in [6, 6.07) is 5.59. The molecule has 3 N–H and O–H groups in total. The second-order valence-corrected chi connectivity index (χ2v) is 4.67. The van der Waals surface area contributed by atoms with Gasteiger partial charge in [0.15, 0.2) is 0 Å². The lowest BCUT2D eigenvalue weighted by Crippen LogP contribution is -2.23. The minimum absolute atomic E-state index is 0.0469. The van der Waals surface area contributed by atoms with Crippen LogP contribution in [0, 0.1) is 5.92 Å². The van der Waals surface area contributed by atoms with Gasteiger partial charge in [0.1, 0.15) is 0 Å². The van der Waals surface area contributed by atoms with E-state index >= 15 is 0 Å². The fourth-order valence-corrected chi connectivity index (χ4v) is 2.31. The zero-order valence-corrected chi connectivity index (χ0v) is 9.80. The molecule has 1 aliphatic carbocycles. The molecule has 0 amide bonds. The van der Waals surface area contributed by atoms with Crippen LogP contribution in [0.5, 0.6) is 0 Å². The molecule has 1 aromatic heterocycles. The third-order valence-corrected chi connectivity index (χ3v) is 3.48. The van der Waals surface area contributed by atoms with E-state index in [1.807, 2.05) is 30.1 Å². The Morgan fingerprint density at radius 2 is 2.11 bits per heavy atom. The number of H-pyrrole nitrogens is 2. The van der Waals surface area contributed by atoms with Crippen molar-refractivity contribution in [1.29, 1.82) is 0 Å². The highest BCUT2D eigenvalue weighted by molar-refractivity contribution is 5.80. The Bertz CT molecular complexity index is 673. The van der Waals surface area contributed by atoms with Crippen molar-refractivity contribution in [2.24, 2.45) is 5.92 Å². The zero-order valence-electron chi connectivity index (χ0n) is 9.80. The number of carboxylic acids is 1. The number of anilines is 1. The van der Waals surface area contributed by atoms with Gasteiger partial charge in [0, 0.05) is 18.8 Å². The lowest BCUT2D eigenvalue weighted by Gasteiger charge is -2.19. The lowest BCUT2D eigenvalue weighted by atomic mass is 10.2. The van der Waals surface area contributed by atoms with Gasteiger partial charge in [-0.05, 0) is 24.6 Å². The van der Waals surface area contributed by atoms with Gasteiger partial charge < -0.3 is 20.0 Å². The summed E-state index contributed by atoms with van der Waals surface area (Å²) in [7, 11) is 1.87. The molecule has 2 aromatic rings. The maximum atomic E-state index is 11.2. The van der Waals surface area contributed by atoms with Gasteiger partial charge in [-0.3, -0.25) is 4.79 Å². The summed E-state index contributed by atoms with van der Waals surface area (Å²) in [6.45, 7) is 0. The van der Waals surface area contributed by atoms with Crippen molar-refractivity contribution in [2.45, 2.75) is 12.5 Å². The van der Waals surface area contributed by atoms with Gasteiger partial charge in [0.05, 0.1) is 17.0 Å². The van der Waals surface area contributed by atoms with E-state index in [-0.39, 0.29) is 17.6 Å². The maximum Gasteiger partial charge on any atom is 0.323 e. The summed E-state index contributed by atoms with van der Waals surface area (Å²) in [6.07, 6.45) is 0.674. The van der Waals surface area contributed by atoms with Gasteiger partial charge in [-0.15, -0.1) is 0 Å². The maximum absolute atomic E-state index is 11.2. The second kappa shape index (κ2) is 3.63. The van der Waals surface area contributed by atoms with E-state index in [4.69, 9.17) is 5.11 Å². The van der Waals surface area contributed by atoms with E-state index in [2.05, 4.69) is 9.97 Å². The number of imidazole rings is 1. The summed E-state index contributed by atoms with van der Waals surface area (Å²) >= 11 is 0. The van der Waals surface area contributed by atoms with E-state index in [1.165, 1.54) is 0 Å². The number of rotatable bonds is 3. The van der Waals surface area contributed by atoms with Gasteiger partial charge in [-0.25, -0.2) is 4.79 Å². The predicted octanol–water partition coefficient (Wildman–Crippen LogP) is 0.765. The molecule has 6 heteroatoms. The smallest absolute Gasteiger partial charge is 0.323 e. The molecule has 6 nitrogen and oxygen atoms in total. The lowest BCUT2D eigenvalue weighted by molar-refractivity contribution is -0.138. The van der Waals surface area contributed by atoms with Crippen LogP contribution in [0.25, 0.3) is 11.0 Å². The molecule has 1 aliphatic rings. The molecular weight excluding hydrogens is 234 g/mol. The molecule has 0 spiro atoms. The molecule has 2 unspecified atom stereocenters. The molecule has 94 valence electrons. The van der Waals surface area contributed by atoms with Crippen molar-refractivity contribution >= 4 is 22.7 Å². The Balaban J connectivity index is 1.90. The molecule has 1 heterocycles. The van der Waals surface area contributed by atoms with Gasteiger partial charge >= 0.3 is 11.7 Å². The van der Waals surface area contributed by atoms with Crippen LogP contribution in [0.1, 0.15) is 6.42 Å². The molecule has 0 radical (unpaired) electrons. The van der Waals surface area contributed by atoms with Crippen molar-refractivity contribution in [3.63, 3.8) is 0 Å². The fourth-order valence-electron chi connectivity index (χ4n) is 2.31. The quantitative estimate of drug-likeness (QED) is 0.747. The molecule has 0 saturated heterocycles. The number of carbonyl (C=O) groups is 1. The SMILES string of the molecule is CN(c1ccc2[nH]c(=O)[nH]c2c1)C1CC1C(=O)O. The molecule has 2 atom stereocenters. The van der Waals surface area contributed by atoms with Crippen LogP contribution < -0.4 is 10.6 Å². The minimum atomic E-state index is -0.747. The highest BCUT2D eigenvalue weighted by Gasteiger charge is 2.46. The molecule has 1 saturated carbocycles. The van der Waals surface area contributed by atoms with Crippen molar-refractivity contribution in [3.05, 3.63) is 28.7 Å². The summed E-state index contributed by atoms with van der Waals surface area (Å²) < 4.78 is 0. The van der Waals surface area contributed by atoms with Crippen LogP contribution in [-0.2, 0) is 4.79 Å². The minimum Gasteiger partial charge on any atom is -0.481 e. The molecule has 1 fully saturated rings. The number of aromatic amines is 2. The Kier molecular flexibility index (Phi) is 2.19. The zero-order chi connectivity index (χ0) is 12.9. The number of aliphatic carboxylic acids is 1. The number of fused-ring (bicyclic) bond motifs is 1. The highest BCUT2D eigenvalue weighted by atomic mass is 16.4. The standard InChI is InChI=1S/C12H13N3O3/c1-15(10-5-7(10)11(16)17)6-2-3-8-9(4-6)14-12(18)13-8/h2-4,7,10H,5H2,1H3,(H,16,17)(H2,13,14,18). The van der Waals surface area contributed by atoms with E-state index in [1.54, 1.807) is 0 Å². The first-order chi connectivity index (χ1) is 8.56. The van der Waals surface area contributed by atoms with E-state index in [0.29, 0.717) is 6.42 Å². The summed E-state index contributed by atoms with van der Waals surface area (Å²) in [5.74, 6) is -1.03. The largest absolute Gasteiger partial charge is 0.481 e. The van der Waals surface area contributed by atoms with E-state index in [9.17, 15) is 9.59 Å². The number of hydrogen-bond acceptors (Lipinski definition) is 3. The summed E-state index contributed by atoms with van der Waals surface area (Å²) in [4.78, 5) is 29.3. The number of nitrogens with zero attached hydrogens (tertiary/aromatic N) is 1. The third kappa shape index (κ3) is 1.66. The molecule has 3 rings (SSSR count). The van der Waals surface area contributed by atoms with Crippen molar-refractivity contribution < 1.29 is 9.90 Å². The Hall–Kier alpha value is -2.24. The normalized spacial score (nSPS) is 22.1. The van der Waals surface area contributed by atoms with Gasteiger partial charge in [0.2, 0.25) is 0 Å². The van der Waals surface area contributed by atoms with Crippen LogP contribution >= 0.6 is 0 Å². The molecule has 0 bridgehead atoms. The highest BCUT2D eigenvalue weighted by Crippen LogP contribution is 2.37. The number of hydrogen-bond donors (Lipinski definition) is 3. The van der Waals surface area contributed by atoms with Crippen LogP contribution in [0.3, 0.4) is 0 Å². The van der Waals surface area contributed by atoms with Crippen molar-refractivity contribution in [2.75, 3.05) is 11.9 Å². The van der Waals surface area contributed by atoms with Crippen molar-refractivity contribution in [1.82, 2.24) is 9.97 Å².